The van der Waals surface area contributed by atoms with E-state index in [1.807, 2.05) is 0 Å². The van der Waals surface area contributed by atoms with E-state index in [2.05, 4.69) is 9.61 Å². The fourth-order valence-electron chi connectivity index (χ4n) is 1.13. The minimum Gasteiger partial charge on any atom is -0.311 e. The quantitative estimate of drug-likeness (QED) is 0.713. The molecule has 2 N–H and O–H groups in total. The van der Waals surface area contributed by atoms with Crippen LogP contribution in [0.2, 0.25) is 0 Å². The highest BCUT2D eigenvalue weighted by atomic mass is 31.2. The van der Waals surface area contributed by atoms with Gasteiger partial charge in [0.1, 0.15) is 5.52 Å². The van der Waals surface area contributed by atoms with Crippen molar-refractivity contribution < 1.29 is 19.0 Å². The van der Waals surface area contributed by atoms with Gasteiger partial charge in [0.2, 0.25) is 0 Å². The van der Waals surface area contributed by atoms with E-state index in [9.17, 15) is 4.57 Å². The predicted octanol–water partition coefficient (Wildman–Crippen LogP) is 0.558. The molecule has 0 aliphatic carbocycles. The number of nitrogens with zero attached hydrogens (tertiary/aromatic N) is 2. The third-order valence-corrected chi connectivity index (χ3v) is 2.00. The lowest BCUT2D eigenvalue weighted by Crippen LogP contribution is -2.06. The predicted molar refractivity (Wildman–Crippen MR) is 48.4 cm³/mol. The largest absolute Gasteiger partial charge is 0.543 e. The van der Waals surface area contributed by atoms with Gasteiger partial charge in [-0.15, -0.1) is 0 Å². The second-order valence-corrected chi connectivity index (χ2v) is 3.77. The minimum absolute atomic E-state index is 0.510. The first kappa shape index (κ1) is 9.21. The Labute approximate surface area is 79.0 Å². The normalized spacial score (nSPS) is 11.9. The first-order valence-electron chi connectivity index (χ1n) is 3.74. The average Bonchev–Trinajstić information content (AvgIpc) is 2.47. The fourth-order valence-corrected chi connectivity index (χ4v) is 1.50. The van der Waals surface area contributed by atoms with Crippen LogP contribution in [0.25, 0.3) is 11.0 Å². The summed E-state index contributed by atoms with van der Waals surface area (Å²) in [6, 6.07) is 4.91. The monoisotopic (exact) mass is 214 g/mol. The average molecular weight is 214 g/mol. The van der Waals surface area contributed by atoms with Crippen LogP contribution < -0.4 is 4.62 Å². The molecule has 0 aliphatic heterocycles. The van der Waals surface area contributed by atoms with Gasteiger partial charge < -0.3 is 4.62 Å². The lowest BCUT2D eigenvalue weighted by Gasteiger charge is -2.07. The molecule has 0 fully saturated rings. The second-order valence-electron chi connectivity index (χ2n) is 2.62. The first-order valence-corrected chi connectivity index (χ1v) is 5.27. The Morgan fingerprint density at radius 2 is 2.21 bits per heavy atom. The van der Waals surface area contributed by atoms with Crippen molar-refractivity contribution in [2.45, 2.75) is 0 Å². The topological polar surface area (TPSA) is 84.6 Å². The molecule has 0 aromatic carbocycles. The summed E-state index contributed by atoms with van der Waals surface area (Å²) in [5.41, 5.74) is 1.12. The number of phosphoric acid groups is 1. The summed E-state index contributed by atoms with van der Waals surface area (Å²) in [5, 5.41) is 0. The van der Waals surface area contributed by atoms with E-state index < -0.39 is 7.82 Å². The summed E-state index contributed by atoms with van der Waals surface area (Å²) in [4.78, 5) is 21.2. The molecule has 0 spiro atoms. The van der Waals surface area contributed by atoms with Crippen LogP contribution in [0.4, 0.5) is 0 Å². The minimum atomic E-state index is -4.52. The fraction of sp³-hybridized carbons (Fsp3) is 0. The van der Waals surface area contributed by atoms with E-state index in [4.69, 9.17) is 9.79 Å². The van der Waals surface area contributed by atoms with Crippen molar-refractivity contribution in [1.29, 1.82) is 0 Å². The van der Waals surface area contributed by atoms with Gasteiger partial charge in [0, 0.05) is 12.4 Å². The van der Waals surface area contributed by atoms with Crippen LogP contribution in [0.3, 0.4) is 0 Å². The zero-order chi connectivity index (χ0) is 10.2. The molecule has 2 aromatic rings. The van der Waals surface area contributed by atoms with Gasteiger partial charge in [-0.05, 0) is 18.2 Å². The molecular formula is C7H7N2O4P. The van der Waals surface area contributed by atoms with Crippen LogP contribution in [-0.2, 0) is 4.57 Å². The molecular weight excluding hydrogens is 207 g/mol. The third kappa shape index (κ3) is 1.77. The van der Waals surface area contributed by atoms with Gasteiger partial charge in [0.25, 0.3) is 0 Å². The van der Waals surface area contributed by atoms with Gasteiger partial charge in [0.05, 0.1) is 5.52 Å². The number of hydrogen-bond acceptors (Lipinski definition) is 3. The van der Waals surface area contributed by atoms with Gasteiger partial charge in [0.15, 0.2) is 0 Å². The molecule has 2 aromatic heterocycles. The molecule has 0 atom stereocenters. The van der Waals surface area contributed by atoms with Crippen molar-refractivity contribution in [3.05, 3.63) is 30.6 Å². The van der Waals surface area contributed by atoms with Crippen LogP contribution in [0.1, 0.15) is 0 Å². The Balaban J connectivity index is 2.49. The van der Waals surface area contributed by atoms with Crippen molar-refractivity contribution >= 4 is 18.9 Å². The van der Waals surface area contributed by atoms with E-state index in [0.29, 0.717) is 11.0 Å². The van der Waals surface area contributed by atoms with Gasteiger partial charge in [-0.2, -0.15) is 4.73 Å². The van der Waals surface area contributed by atoms with Crippen LogP contribution >= 0.6 is 7.82 Å². The highest BCUT2D eigenvalue weighted by molar-refractivity contribution is 7.46. The van der Waals surface area contributed by atoms with Crippen molar-refractivity contribution in [2.75, 3.05) is 0 Å². The van der Waals surface area contributed by atoms with Crippen LogP contribution in [-0.4, -0.2) is 19.5 Å². The molecule has 0 unspecified atom stereocenters. The van der Waals surface area contributed by atoms with E-state index in [1.54, 1.807) is 24.4 Å². The zero-order valence-electron chi connectivity index (χ0n) is 6.94. The van der Waals surface area contributed by atoms with E-state index in [1.165, 1.54) is 6.20 Å². The standard InChI is InChI=1S/C7H7N2O4P/c10-14(11,12)13-9-5-3-6-7(9)2-1-4-8-6/h1-5H,(H2,10,11,12). The maximum atomic E-state index is 10.6. The lowest BCUT2D eigenvalue weighted by molar-refractivity contribution is 0.185. The Kier molecular flexibility index (Phi) is 2.03. The molecule has 2 heterocycles. The first-order chi connectivity index (χ1) is 6.56. The molecule has 0 aliphatic rings. The Morgan fingerprint density at radius 1 is 1.43 bits per heavy atom. The Bertz CT molecular complexity index is 503. The summed E-state index contributed by atoms with van der Waals surface area (Å²) in [5.74, 6) is 0. The maximum absolute atomic E-state index is 10.6. The van der Waals surface area contributed by atoms with Crippen LogP contribution in [0.5, 0.6) is 0 Å². The number of aromatic nitrogens is 2. The molecule has 7 heteroatoms. The van der Waals surface area contributed by atoms with Gasteiger partial charge in [-0.25, -0.2) is 4.57 Å². The number of pyridine rings is 1. The van der Waals surface area contributed by atoms with Gasteiger partial charge in [-0.3, -0.25) is 14.8 Å². The number of hydrogen-bond donors (Lipinski definition) is 2. The molecule has 6 nitrogen and oxygen atoms in total. The van der Waals surface area contributed by atoms with E-state index in [0.717, 1.165) is 4.73 Å². The van der Waals surface area contributed by atoms with Gasteiger partial charge >= 0.3 is 7.82 Å². The molecule has 2 rings (SSSR count). The van der Waals surface area contributed by atoms with Crippen LogP contribution in [0.15, 0.2) is 30.6 Å². The molecule has 14 heavy (non-hydrogen) atoms. The van der Waals surface area contributed by atoms with Gasteiger partial charge in [-0.1, -0.05) is 0 Å². The Hall–Kier alpha value is -1.36. The highest BCUT2D eigenvalue weighted by Gasteiger charge is 2.17. The summed E-state index contributed by atoms with van der Waals surface area (Å²) in [6.07, 6.45) is 2.99. The van der Waals surface area contributed by atoms with Crippen molar-refractivity contribution in [1.82, 2.24) is 9.71 Å². The lowest BCUT2D eigenvalue weighted by atomic mass is 10.4. The molecule has 0 saturated carbocycles. The summed E-state index contributed by atoms with van der Waals surface area (Å²) in [6.45, 7) is 0. The van der Waals surface area contributed by atoms with E-state index in [-0.39, 0.29) is 0 Å². The summed E-state index contributed by atoms with van der Waals surface area (Å²) >= 11 is 0. The van der Waals surface area contributed by atoms with Crippen LogP contribution in [0, 0.1) is 0 Å². The molecule has 0 saturated heterocycles. The summed E-state index contributed by atoms with van der Waals surface area (Å²) < 4.78 is 16.0. The SMILES string of the molecule is O=P(O)(O)On1ccc2ncccc21. The van der Waals surface area contributed by atoms with Crippen molar-refractivity contribution in [3.63, 3.8) is 0 Å². The highest BCUT2D eigenvalue weighted by Crippen LogP contribution is 2.32. The van der Waals surface area contributed by atoms with E-state index >= 15 is 0 Å². The smallest absolute Gasteiger partial charge is 0.311 e. The Morgan fingerprint density at radius 3 is 2.93 bits per heavy atom. The third-order valence-electron chi connectivity index (χ3n) is 1.62. The molecule has 74 valence electrons. The molecule has 0 amide bonds. The number of rotatable bonds is 2. The zero-order valence-corrected chi connectivity index (χ0v) is 7.83. The maximum Gasteiger partial charge on any atom is 0.543 e. The number of fused-ring (bicyclic) bond motifs is 1. The van der Waals surface area contributed by atoms with Crippen molar-refractivity contribution in [3.8, 4) is 0 Å². The molecule has 0 bridgehead atoms. The van der Waals surface area contributed by atoms with Crippen molar-refractivity contribution in [2.24, 2.45) is 0 Å². The molecule has 0 radical (unpaired) electrons. The summed E-state index contributed by atoms with van der Waals surface area (Å²) in [7, 11) is -4.52. The second kappa shape index (κ2) is 3.09.